The van der Waals surface area contributed by atoms with Gasteiger partial charge in [0.2, 0.25) is 0 Å². The highest BCUT2D eigenvalue weighted by Crippen LogP contribution is 2.20. The van der Waals surface area contributed by atoms with Crippen LogP contribution in [0.1, 0.15) is 45.4 Å². The van der Waals surface area contributed by atoms with Gasteiger partial charge in [-0.05, 0) is 19.8 Å². The number of nitrogens with one attached hydrogen (secondary N) is 1. The van der Waals surface area contributed by atoms with Crippen molar-refractivity contribution in [3.05, 3.63) is 0 Å². The van der Waals surface area contributed by atoms with Gasteiger partial charge in [-0.2, -0.15) is 13.2 Å². The summed E-state index contributed by atoms with van der Waals surface area (Å²) in [6, 6.07) is 0. The zero-order chi connectivity index (χ0) is 12.7. The van der Waals surface area contributed by atoms with Crippen molar-refractivity contribution in [3.63, 3.8) is 0 Å². The molecule has 1 aliphatic carbocycles. The van der Waals surface area contributed by atoms with Gasteiger partial charge in [-0.3, -0.25) is 0 Å². The van der Waals surface area contributed by atoms with E-state index >= 15 is 0 Å². The number of rotatable bonds is 5. The molecule has 0 bridgehead atoms. The molecule has 0 heterocycles. The highest BCUT2D eigenvalue weighted by atomic mass is 19.4. The van der Waals surface area contributed by atoms with Crippen molar-refractivity contribution < 1.29 is 17.9 Å². The van der Waals surface area contributed by atoms with E-state index in [2.05, 4.69) is 5.32 Å². The van der Waals surface area contributed by atoms with Crippen LogP contribution in [0.4, 0.5) is 13.2 Å². The Labute approximate surface area is 101 Å². The quantitative estimate of drug-likeness (QED) is 0.759. The van der Waals surface area contributed by atoms with Gasteiger partial charge < -0.3 is 10.1 Å². The van der Waals surface area contributed by atoms with Gasteiger partial charge >= 0.3 is 6.18 Å². The predicted molar refractivity (Wildman–Crippen MR) is 61.0 cm³/mol. The summed E-state index contributed by atoms with van der Waals surface area (Å²) >= 11 is 0. The lowest BCUT2D eigenvalue weighted by Crippen LogP contribution is -2.36. The predicted octanol–water partition coefficient (Wildman–Crippen LogP) is 3.27. The van der Waals surface area contributed by atoms with Crippen LogP contribution in [0.5, 0.6) is 0 Å². The van der Waals surface area contributed by atoms with E-state index in [0.717, 1.165) is 12.8 Å². The summed E-state index contributed by atoms with van der Waals surface area (Å²) in [5.41, 5.74) is 0. The summed E-state index contributed by atoms with van der Waals surface area (Å²) in [6.07, 6.45) is 2.89. The summed E-state index contributed by atoms with van der Waals surface area (Å²) in [5, 5.41) is 2.38. The molecule has 1 unspecified atom stereocenters. The lowest BCUT2D eigenvalue weighted by Gasteiger charge is -2.21. The minimum absolute atomic E-state index is 0.152. The van der Waals surface area contributed by atoms with Crippen LogP contribution >= 0.6 is 0 Å². The van der Waals surface area contributed by atoms with Gasteiger partial charge in [0.25, 0.3) is 0 Å². The van der Waals surface area contributed by atoms with Gasteiger partial charge in [-0.25, -0.2) is 0 Å². The van der Waals surface area contributed by atoms with Crippen molar-refractivity contribution in [1.29, 1.82) is 0 Å². The fraction of sp³-hybridized carbons (Fsp3) is 1.00. The molecule has 0 aliphatic heterocycles. The van der Waals surface area contributed by atoms with Crippen LogP contribution in [-0.4, -0.2) is 31.5 Å². The molecule has 1 atom stereocenters. The highest BCUT2D eigenvalue weighted by molar-refractivity contribution is 4.67. The normalized spacial score (nSPS) is 21.2. The van der Waals surface area contributed by atoms with Crippen molar-refractivity contribution in [3.8, 4) is 0 Å². The summed E-state index contributed by atoms with van der Waals surface area (Å²) in [4.78, 5) is 0. The second-order valence-corrected chi connectivity index (χ2v) is 4.81. The lowest BCUT2D eigenvalue weighted by molar-refractivity contribution is -0.126. The van der Waals surface area contributed by atoms with E-state index < -0.39 is 12.7 Å². The zero-order valence-corrected chi connectivity index (χ0v) is 10.4. The number of alkyl halides is 3. The molecule has 17 heavy (non-hydrogen) atoms. The van der Waals surface area contributed by atoms with Crippen molar-refractivity contribution >= 4 is 0 Å². The van der Waals surface area contributed by atoms with Crippen LogP contribution < -0.4 is 5.32 Å². The average molecular weight is 253 g/mol. The van der Waals surface area contributed by atoms with E-state index in [1.54, 1.807) is 0 Å². The van der Waals surface area contributed by atoms with Gasteiger partial charge in [0.15, 0.2) is 0 Å². The Morgan fingerprint density at radius 1 is 1.18 bits per heavy atom. The van der Waals surface area contributed by atoms with E-state index in [9.17, 15) is 13.2 Å². The first-order valence-electron chi connectivity index (χ1n) is 6.40. The van der Waals surface area contributed by atoms with E-state index in [1.807, 2.05) is 6.92 Å². The van der Waals surface area contributed by atoms with Gasteiger partial charge in [0.1, 0.15) is 0 Å². The lowest BCUT2D eigenvalue weighted by atomic mass is 10.1. The maximum absolute atomic E-state index is 11.9. The molecule has 1 aliphatic rings. The van der Waals surface area contributed by atoms with Crippen molar-refractivity contribution in [2.24, 2.45) is 0 Å². The molecule has 102 valence electrons. The molecule has 1 fully saturated rings. The van der Waals surface area contributed by atoms with Crippen molar-refractivity contribution in [1.82, 2.24) is 5.32 Å². The fourth-order valence-corrected chi connectivity index (χ4v) is 2.17. The smallest absolute Gasteiger partial charge is 0.374 e. The van der Waals surface area contributed by atoms with Crippen molar-refractivity contribution in [2.45, 2.75) is 63.8 Å². The van der Waals surface area contributed by atoms with Crippen LogP contribution in [0.2, 0.25) is 0 Å². The molecule has 5 heteroatoms. The van der Waals surface area contributed by atoms with Gasteiger partial charge in [0, 0.05) is 6.54 Å². The standard InChI is InChI=1S/C12H22F3NO/c1-10(8-16-9-12(13,14)15)17-11-6-4-2-3-5-7-11/h10-11,16H,2-9H2,1H3. The Balaban J connectivity index is 2.12. The highest BCUT2D eigenvalue weighted by Gasteiger charge is 2.26. The Hall–Kier alpha value is -0.290. The second-order valence-electron chi connectivity index (χ2n) is 4.81. The van der Waals surface area contributed by atoms with E-state index in [1.165, 1.54) is 25.7 Å². The average Bonchev–Trinajstić information content (AvgIpc) is 2.44. The molecule has 1 rings (SSSR count). The van der Waals surface area contributed by atoms with Crippen LogP contribution in [0, 0.1) is 0 Å². The molecule has 0 radical (unpaired) electrons. The van der Waals surface area contributed by atoms with E-state index in [4.69, 9.17) is 4.74 Å². The maximum Gasteiger partial charge on any atom is 0.401 e. The number of hydrogen-bond acceptors (Lipinski definition) is 2. The molecule has 0 aromatic rings. The SMILES string of the molecule is CC(CNCC(F)(F)F)OC1CCCCCC1. The Morgan fingerprint density at radius 2 is 1.76 bits per heavy atom. The molecule has 0 aromatic heterocycles. The third kappa shape index (κ3) is 7.60. The molecule has 1 saturated carbocycles. The molecule has 0 aromatic carbocycles. The minimum Gasteiger partial charge on any atom is -0.374 e. The Kier molecular flexibility index (Phi) is 6.27. The van der Waals surface area contributed by atoms with Crippen molar-refractivity contribution in [2.75, 3.05) is 13.1 Å². The van der Waals surface area contributed by atoms with Crippen LogP contribution in [0.3, 0.4) is 0 Å². The van der Waals surface area contributed by atoms with Gasteiger partial charge in [0.05, 0.1) is 18.8 Å². The van der Waals surface area contributed by atoms with Crippen LogP contribution in [0.25, 0.3) is 0 Å². The molecule has 2 nitrogen and oxygen atoms in total. The summed E-state index contributed by atoms with van der Waals surface area (Å²) in [6.45, 7) is 1.15. The maximum atomic E-state index is 11.9. The zero-order valence-electron chi connectivity index (χ0n) is 10.4. The van der Waals surface area contributed by atoms with E-state index in [0.29, 0.717) is 0 Å². The molecule has 0 spiro atoms. The van der Waals surface area contributed by atoms with Gasteiger partial charge in [-0.1, -0.05) is 25.7 Å². The van der Waals surface area contributed by atoms with Crippen LogP contribution in [-0.2, 0) is 4.74 Å². The summed E-state index contributed by atoms with van der Waals surface area (Å²) in [7, 11) is 0. The fourth-order valence-electron chi connectivity index (χ4n) is 2.17. The van der Waals surface area contributed by atoms with Gasteiger partial charge in [-0.15, -0.1) is 0 Å². The molecular formula is C12H22F3NO. The third-order valence-electron chi connectivity index (χ3n) is 2.98. The second kappa shape index (κ2) is 7.21. The number of hydrogen-bond donors (Lipinski definition) is 1. The first kappa shape index (κ1) is 14.8. The minimum atomic E-state index is -4.14. The Morgan fingerprint density at radius 3 is 2.29 bits per heavy atom. The molecule has 0 saturated heterocycles. The number of ether oxygens (including phenoxy) is 1. The first-order chi connectivity index (χ1) is 7.97. The molecule has 0 amide bonds. The first-order valence-corrected chi connectivity index (χ1v) is 6.40. The van der Waals surface area contributed by atoms with E-state index in [-0.39, 0.29) is 18.8 Å². The third-order valence-corrected chi connectivity index (χ3v) is 2.98. The number of halogens is 3. The largest absolute Gasteiger partial charge is 0.401 e. The Bertz CT molecular complexity index is 200. The molecule has 1 N–H and O–H groups in total. The summed E-state index contributed by atoms with van der Waals surface area (Å²) < 4.78 is 41.5. The topological polar surface area (TPSA) is 21.3 Å². The monoisotopic (exact) mass is 253 g/mol. The summed E-state index contributed by atoms with van der Waals surface area (Å²) in [5.74, 6) is 0. The molecular weight excluding hydrogens is 231 g/mol. The van der Waals surface area contributed by atoms with Crippen LogP contribution in [0.15, 0.2) is 0 Å².